The summed E-state index contributed by atoms with van der Waals surface area (Å²) in [7, 11) is -3.69. The molecule has 0 spiro atoms. The Morgan fingerprint density at radius 2 is 1.86 bits per heavy atom. The van der Waals surface area contributed by atoms with Gasteiger partial charge in [-0.3, -0.25) is 4.18 Å². The van der Waals surface area contributed by atoms with E-state index >= 15 is 0 Å². The third kappa shape index (κ3) is 3.15. The Balaban J connectivity index is 1.66. The van der Waals surface area contributed by atoms with Crippen LogP contribution in [0.5, 0.6) is 0 Å². The molecule has 21 heavy (non-hydrogen) atoms. The van der Waals surface area contributed by atoms with Crippen molar-refractivity contribution in [3.05, 3.63) is 29.8 Å². The zero-order chi connectivity index (χ0) is 15.1. The Kier molecular flexibility index (Phi) is 3.84. The Morgan fingerprint density at radius 3 is 2.43 bits per heavy atom. The Hall–Kier alpha value is -0.910. The minimum Gasteiger partial charge on any atom is -0.390 e. The number of rotatable bonds is 4. The normalized spacial score (nSPS) is 32.3. The molecular weight excluding hydrogens is 288 g/mol. The number of aliphatic hydroxyl groups is 1. The highest BCUT2D eigenvalue weighted by Crippen LogP contribution is 2.47. The Bertz CT molecular complexity index is 598. The van der Waals surface area contributed by atoms with Gasteiger partial charge in [0.1, 0.15) is 0 Å². The van der Waals surface area contributed by atoms with Gasteiger partial charge in [0.2, 0.25) is 0 Å². The molecule has 0 radical (unpaired) electrons. The SMILES string of the molecule is Cc1ccc(S(=O)(=O)OC[C@@H]2CC3(O)CCC2CC3)cc1. The van der Waals surface area contributed by atoms with Crippen molar-refractivity contribution in [1.82, 2.24) is 0 Å². The number of benzene rings is 1. The standard InChI is InChI=1S/C16H22O4S/c1-12-2-4-15(5-3-12)21(18,19)20-11-14-10-16(17)8-6-13(14)7-9-16/h2-5,13-14,17H,6-11H2,1H3/t13?,14-,16?/m0/s1. The van der Waals surface area contributed by atoms with Crippen molar-refractivity contribution in [3.8, 4) is 0 Å². The zero-order valence-electron chi connectivity index (χ0n) is 12.3. The van der Waals surface area contributed by atoms with Gasteiger partial charge in [-0.25, -0.2) is 0 Å². The first-order valence-corrected chi connectivity index (χ1v) is 8.97. The summed E-state index contributed by atoms with van der Waals surface area (Å²) in [5.41, 5.74) is 0.428. The highest BCUT2D eigenvalue weighted by atomic mass is 32.2. The molecule has 3 aliphatic carbocycles. The largest absolute Gasteiger partial charge is 0.390 e. The lowest BCUT2D eigenvalue weighted by atomic mass is 9.62. The number of fused-ring (bicyclic) bond motifs is 3. The Labute approximate surface area is 126 Å². The fraction of sp³-hybridized carbons (Fsp3) is 0.625. The summed E-state index contributed by atoms with van der Waals surface area (Å²) in [6.45, 7) is 2.10. The summed E-state index contributed by atoms with van der Waals surface area (Å²) >= 11 is 0. The van der Waals surface area contributed by atoms with Crippen LogP contribution in [0.15, 0.2) is 29.2 Å². The summed E-state index contributed by atoms with van der Waals surface area (Å²) in [6.07, 6.45) is 4.32. The highest BCUT2D eigenvalue weighted by molar-refractivity contribution is 7.86. The minimum atomic E-state index is -3.69. The van der Waals surface area contributed by atoms with E-state index in [0.717, 1.165) is 31.2 Å². The molecule has 0 saturated heterocycles. The van der Waals surface area contributed by atoms with E-state index in [1.807, 2.05) is 6.92 Å². The predicted octanol–water partition coefficient (Wildman–Crippen LogP) is 2.64. The molecule has 0 aliphatic heterocycles. The van der Waals surface area contributed by atoms with Crippen molar-refractivity contribution in [2.24, 2.45) is 11.8 Å². The van der Waals surface area contributed by atoms with Crippen molar-refractivity contribution in [3.63, 3.8) is 0 Å². The van der Waals surface area contributed by atoms with E-state index in [0.29, 0.717) is 12.3 Å². The van der Waals surface area contributed by atoms with Crippen LogP contribution in [-0.4, -0.2) is 25.7 Å². The van der Waals surface area contributed by atoms with E-state index in [4.69, 9.17) is 4.18 Å². The van der Waals surface area contributed by atoms with Gasteiger partial charge in [0, 0.05) is 0 Å². The first kappa shape index (κ1) is 15.0. The van der Waals surface area contributed by atoms with E-state index in [1.165, 1.54) is 0 Å². The molecule has 4 nitrogen and oxygen atoms in total. The number of hydrogen-bond acceptors (Lipinski definition) is 4. The molecule has 3 aliphatic rings. The molecule has 0 aromatic heterocycles. The van der Waals surface area contributed by atoms with Crippen molar-refractivity contribution < 1.29 is 17.7 Å². The molecule has 116 valence electrons. The van der Waals surface area contributed by atoms with E-state index in [9.17, 15) is 13.5 Å². The molecule has 5 heteroatoms. The highest BCUT2D eigenvalue weighted by Gasteiger charge is 2.44. The van der Waals surface area contributed by atoms with Crippen LogP contribution in [-0.2, 0) is 14.3 Å². The van der Waals surface area contributed by atoms with Gasteiger partial charge in [-0.2, -0.15) is 8.42 Å². The van der Waals surface area contributed by atoms with E-state index in [-0.39, 0.29) is 17.4 Å². The van der Waals surface area contributed by atoms with Crippen LogP contribution in [0.25, 0.3) is 0 Å². The maximum Gasteiger partial charge on any atom is 0.296 e. The van der Waals surface area contributed by atoms with Crippen LogP contribution in [0, 0.1) is 18.8 Å². The van der Waals surface area contributed by atoms with Gasteiger partial charge in [0.05, 0.1) is 17.1 Å². The number of aryl methyl sites for hydroxylation is 1. The second-order valence-corrected chi connectivity index (χ2v) is 8.19. The third-order valence-electron chi connectivity index (χ3n) is 5.02. The summed E-state index contributed by atoms with van der Waals surface area (Å²) < 4.78 is 29.6. The first-order valence-electron chi connectivity index (χ1n) is 7.56. The number of hydrogen-bond donors (Lipinski definition) is 1. The van der Waals surface area contributed by atoms with E-state index in [2.05, 4.69) is 0 Å². The summed E-state index contributed by atoms with van der Waals surface area (Å²) in [4.78, 5) is 0.202. The average Bonchev–Trinajstić information content (AvgIpc) is 2.46. The molecule has 3 saturated carbocycles. The monoisotopic (exact) mass is 310 g/mol. The van der Waals surface area contributed by atoms with Crippen LogP contribution < -0.4 is 0 Å². The maximum absolute atomic E-state index is 12.2. The molecule has 0 unspecified atom stereocenters. The smallest absolute Gasteiger partial charge is 0.296 e. The zero-order valence-corrected chi connectivity index (χ0v) is 13.1. The van der Waals surface area contributed by atoms with Gasteiger partial charge in [-0.05, 0) is 63.0 Å². The van der Waals surface area contributed by atoms with Crippen molar-refractivity contribution in [2.45, 2.75) is 49.5 Å². The van der Waals surface area contributed by atoms with Gasteiger partial charge in [0.25, 0.3) is 10.1 Å². The summed E-state index contributed by atoms with van der Waals surface area (Å²) in [5.74, 6) is 0.643. The van der Waals surface area contributed by atoms with Crippen molar-refractivity contribution >= 4 is 10.1 Å². The van der Waals surface area contributed by atoms with Gasteiger partial charge >= 0.3 is 0 Å². The van der Waals surface area contributed by atoms with Crippen LogP contribution in [0.2, 0.25) is 0 Å². The lowest BCUT2D eigenvalue weighted by Crippen LogP contribution is -2.46. The van der Waals surface area contributed by atoms with Gasteiger partial charge < -0.3 is 5.11 Å². The molecule has 1 atom stereocenters. The van der Waals surface area contributed by atoms with Crippen LogP contribution in [0.3, 0.4) is 0 Å². The molecular formula is C16H22O4S. The second-order valence-electron chi connectivity index (χ2n) is 6.58. The van der Waals surface area contributed by atoms with Gasteiger partial charge in [-0.15, -0.1) is 0 Å². The van der Waals surface area contributed by atoms with Crippen LogP contribution in [0.1, 0.15) is 37.7 Å². The summed E-state index contributed by atoms with van der Waals surface area (Å²) in [5, 5.41) is 10.4. The van der Waals surface area contributed by atoms with Gasteiger partial charge in [-0.1, -0.05) is 17.7 Å². The molecule has 2 bridgehead atoms. The quantitative estimate of drug-likeness (QED) is 0.868. The molecule has 3 fully saturated rings. The molecule has 1 N–H and O–H groups in total. The third-order valence-corrected chi connectivity index (χ3v) is 6.31. The average molecular weight is 310 g/mol. The van der Waals surface area contributed by atoms with Crippen molar-refractivity contribution in [1.29, 1.82) is 0 Å². The molecule has 0 amide bonds. The van der Waals surface area contributed by atoms with Crippen LogP contribution in [0.4, 0.5) is 0 Å². The predicted molar refractivity (Wildman–Crippen MR) is 79.3 cm³/mol. The molecule has 1 aromatic rings. The molecule has 4 rings (SSSR count). The first-order chi connectivity index (χ1) is 9.88. The molecule has 1 aromatic carbocycles. The summed E-state index contributed by atoms with van der Waals surface area (Å²) in [6, 6.07) is 6.68. The fourth-order valence-corrected chi connectivity index (χ4v) is 4.61. The Morgan fingerprint density at radius 1 is 1.24 bits per heavy atom. The van der Waals surface area contributed by atoms with E-state index < -0.39 is 15.7 Å². The fourth-order valence-electron chi connectivity index (χ4n) is 3.65. The minimum absolute atomic E-state index is 0.151. The lowest BCUT2D eigenvalue weighted by molar-refractivity contribution is -0.0911. The van der Waals surface area contributed by atoms with Crippen molar-refractivity contribution in [2.75, 3.05) is 6.61 Å². The second kappa shape index (κ2) is 5.38. The lowest BCUT2D eigenvalue weighted by Gasteiger charge is -2.47. The maximum atomic E-state index is 12.2. The molecule has 0 heterocycles. The van der Waals surface area contributed by atoms with Gasteiger partial charge in [0.15, 0.2) is 0 Å². The van der Waals surface area contributed by atoms with Crippen LogP contribution >= 0.6 is 0 Å². The van der Waals surface area contributed by atoms with E-state index in [1.54, 1.807) is 24.3 Å². The topological polar surface area (TPSA) is 63.6 Å².